The molecule has 0 fully saturated rings. The smallest absolute Gasteiger partial charge is 0.154 e. The van der Waals surface area contributed by atoms with Crippen LogP contribution in [0.4, 0.5) is 5.82 Å². The number of aryl methyl sites for hydroxylation is 1. The van der Waals surface area contributed by atoms with Crippen LogP contribution in [0.15, 0.2) is 6.07 Å². The van der Waals surface area contributed by atoms with Crippen molar-refractivity contribution >= 4 is 27.3 Å². The van der Waals surface area contributed by atoms with Crippen molar-refractivity contribution in [1.29, 1.82) is 0 Å². The Kier molecular flexibility index (Phi) is 5.15. The van der Waals surface area contributed by atoms with Crippen molar-refractivity contribution in [2.75, 3.05) is 18.1 Å². The van der Waals surface area contributed by atoms with Gasteiger partial charge >= 0.3 is 0 Å². The Balaban J connectivity index is 2.83. The second kappa shape index (κ2) is 6.05. The molecule has 0 aliphatic rings. The summed E-state index contributed by atoms with van der Waals surface area (Å²) in [4.78, 5) is 8.42. The number of hydrogen-bond acceptors (Lipinski definition) is 5. The third-order valence-electron chi connectivity index (χ3n) is 2.91. The van der Waals surface area contributed by atoms with E-state index >= 15 is 0 Å². The minimum atomic E-state index is -3.14. The van der Waals surface area contributed by atoms with Crippen LogP contribution < -0.4 is 5.32 Å². The standard InChI is InChI=1S/C12H20ClN3O2S/c1-5-6-10-15-9(13)7-11(16-10)14-8-12(2,3)19(4,17)18/h7H,5-6,8H2,1-4H3,(H,14,15,16). The van der Waals surface area contributed by atoms with Gasteiger partial charge in [0.05, 0.1) is 4.75 Å². The minimum absolute atomic E-state index is 0.269. The van der Waals surface area contributed by atoms with Gasteiger partial charge < -0.3 is 5.32 Å². The van der Waals surface area contributed by atoms with Crippen LogP contribution in [0.1, 0.15) is 33.0 Å². The van der Waals surface area contributed by atoms with E-state index in [-0.39, 0.29) is 6.54 Å². The molecule has 0 saturated carbocycles. The molecule has 0 aliphatic carbocycles. The lowest BCUT2D eigenvalue weighted by atomic mass is 10.2. The molecule has 0 amide bonds. The normalized spacial score (nSPS) is 12.5. The zero-order valence-electron chi connectivity index (χ0n) is 11.7. The molecule has 0 atom stereocenters. The van der Waals surface area contributed by atoms with Crippen LogP contribution in [0, 0.1) is 0 Å². The predicted octanol–water partition coefficient (Wildman–Crippen LogP) is 2.32. The zero-order chi connectivity index (χ0) is 14.7. The Hall–Kier alpha value is -0.880. The number of hydrogen-bond donors (Lipinski definition) is 1. The van der Waals surface area contributed by atoms with E-state index in [9.17, 15) is 8.42 Å². The van der Waals surface area contributed by atoms with Gasteiger partial charge in [0.1, 0.15) is 16.8 Å². The third-order valence-corrected chi connectivity index (χ3v) is 5.26. The topological polar surface area (TPSA) is 72.0 Å². The summed E-state index contributed by atoms with van der Waals surface area (Å²) >= 11 is 5.92. The summed E-state index contributed by atoms with van der Waals surface area (Å²) in [6.45, 7) is 5.64. The molecule has 5 nitrogen and oxygen atoms in total. The summed E-state index contributed by atoms with van der Waals surface area (Å²) in [5.74, 6) is 1.22. The molecule has 7 heteroatoms. The van der Waals surface area contributed by atoms with Gasteiger partial charge in [-0.2, -0.15) is 0 Å². The Bertz CT molecular complexity index is 544. The maximum Gasteiger partial charge on any atom is 0.154 e. The average Bonchev–Trinajstić information content (AvgIpc) is 2.25. The van der Waals surface area contributed by atoms with E-state index in [1.807, 2.05) is 6.92 Å². The van der Waals surface area contributed by atoms with Gasteiger partial charge in [-0.05, 0) is 20.3 Å². The van der Waals surface area contributed by atoms with Gasteiger partial charge in [0.15, 0.2) is 9.84 Å². The van der Waals surface area contributed by atoms with Crippen LogP contribution in [-0.4, -0.2) is 35.9 Å². The molecule has 0 aliphatic heterocycles. The summed E-state index contributed by atoms with van der Waals surface area (Å²) in [6, 6.07) is 1.60. The highest BCUT2D eigenvalue weighted by Gasteiger charge is 2.29. The first-order valence-electron chi connectivity index (χ1n) is 6.12. The van der Waals surface area contributed by atoms with Crippen molar-refractivity contribution in [2.45, 2.75) is 38.4 Å². The minimum Gasteiger partial charge on any atom is -0.368 e. The van der Waals surface area contributed by atoms with Crippen molar-refractivity contribution < 1.29 is 8.42 Å². The van der Waals surface area contributed by atoms with Gasteiger partial charge in [0, 0.05) is 25.3 Å². The molecule has 0 radical (unpaired) electrons. The van der Waals surface area contributed by atoms with Crippen LogP contribution >= 0.6 is 11.6 Å². The second-order valence-electron chi connectivity index (χ2n) is 5.13. The van der Waals surface area contributed by atoms with Crippen LogP contribution in [0.2, 0.25) is 5.15 Å². The molecular weight excluding hydrogens is 286 g/mol. The highest BCUT2D eigenvalue weighted by Crippen LogP contribution is 2.18. The molecule has 108 valence electrons. The number of nitrogens with one attached hydrogen (secondary N) is 1. The number of anilines is 1. The number of halogens is 1. The predicted molar refractivity (Wildman–Crippen MR) is 78.4 cm³/mol. The van der Waals surface area contributed by atoms with Gasteiger partial charge in [-0.3, -0.25) is 0 Å². The van der Waals surface area contributed by atoms with Gasteiger partial charge in [0.25, 0.3) is 0 Å². The quantitative estimate of drug-likeness (QED) is 0.817. The first kappa shape index (κ1) is 16.2. The molecule has 1 aromatic heterocycles. The zero-order valence-corrected chi connectivity index (χ0v) is 13.3. The van der Waals surface area contributed by atoms with E-state index in [2.05, 4.69) is 15.3 Å². The van der Waals surface area contributed by atoms with E-state index in [4.69, 9.17) is 11.6 Å². The highest BCUT2D eigenvalue weighted by molar-refractivity contribution is 7.92. The van der Waals surface area contributed by atoms with Gasteiger partial charge in [-0.15, -0.1) is 0 Å². The monoisotopic (exact) mass is 305 g/mol. The first-order valence-corrected chi connectivity index (χ1v) is 8.39. The molecule has 1 rings (SSSR count). The summed E-state index contributed by atoms with van der Waals surface area (Å²) in [5, 5.41) is 3.38. The van der Waals surface area contributed by atoms with Crippen LogP contribution in [0.5, 0.6) is 0 Å². The number of rotatable bonds is 6. The fraction of sp³-hybridized carbons (Fsp3) is 0.667. The third kappa shape index (κ3) is 4.62. The molecule has 0 spiro atoms. The molecule has 0 unspecified atom stereocenters. The molecule has 1 heterocycles. The van der Waals surface area contributed by atoms with Crippen molar-refractivity contribution in [3.63, 3.8) is 0 Å². The summed E-state index contributed by atoms with van der Waals surface area (Å²) in [5.41, 5.74) is 0. The van der Waals surface area contributed by atoms with Crippen LogP contribution in [-0.2, 0) is 16.3 Å². The number of sulfone groups is 1. The fourth-order valence-electron chi connectivity index (χ4n) is 1.33. The highest BCUT2D eigenvalue weighted by atomic mass is 35.5. The lowest BCUT2D eigenvalue weighted by Crippen LogP contribution is -2.38. The van der Waals surface area contributed by atoms with Gasteiger partial charge in [0.2, 0.25) is 0 Å². The summed E-state index contributed by atoms with van der Waals surface area (Å²) < 4.78 is 22.4. The van der Waals surface area contributed by atoms with Crippen LogP contribution in [0.25, 0.3) is 0 Å². The Morgan fingerprint density at radius 2 is 2.00 bits per heavy atom. The van der Waals surface area contributed by atoms with Crippen molar-refractivity contribution in [2.24, 2.45) is 0 Å². The Labute approximate surface area is 119 Å². The summed E-state index contributed by atoms with van der Waals surface area (Å²) in [7, 11) is -3.14. The largest absolute Gasteiger partial charge is 0.368 e. The SMILES string of the molecule is CCCc1nc(Cl)cc(NCC(C)(C)S(C)(=O)=O)n1. The van der Waals surface area contributed by atoms with Crippen molar-refractivity contribution in [1.82, 2.24) is 9.97 Å². The molecule has 1 aromatic rings. The molecule has 0 aromatic carbocycles. The molecule has 19 heavy (non-hydrogen) atoms. The Morgan fingerprint density at radius 1 is 1.37 bits per heavy atom. The van der Waals surface area contributed by atoms with E-state index in [0.717, 1.165) is 12.8 Å². The van der Waals surface area contributed by atoms with Crippen molar-refractivity contribution in [3.05, 3.63) is 17.0 Å². The molecule has 1 N–H and O–H groups in total. The molecule has 0 bridgehead atoms. The van der Waals surface area contributed by atoms with Gasteiger partial charge in [-0.25, -0.2) is 18.4 Å². The number of nitrogens with zero attached hydrogens (tertiary/aromatic N) is 2. The molecular formula is C12H20ClN3O2S. The van der Waals surface area contributed by atoms with Crippen molar-refractivity contribution in [3.8, 4) is 0 Å². The van der Waals surface area contributed by atoms with Gasteiger partial charge in [-0.1, -0.05) is 18.5 Å². The number of aromatic nitrogens is 2. The lowest BCUT2D eigenvalue weighted by molar-refractivity contribution is 0.559. The summed E-state index contributed by atoms with van der Waals surface area (Å²) in [6.07, 6.45) is 2.89. The first-order chi connectivity index (χ1) is 8.65. The average molecular weight is 306 g/mol. The van der Waals surface area contributed by atoms with E-state index in [0.29, 0.717) is 16.8 Å². The Morgan fingerprint density at radius 3 is 2.53 bits per heavy atom. The second-order valence-corrected chi connectivity index (χ2v) is 8.16. The van der Waals surface area contributed by atoms with E-state index in [1.54, 1.807) is 19.9 Å². The van der Waals surface area contributed by atoms with E-state index < -0.39 is 14.6 Å². The molecule has 0 saturated heterocycles. The van der Waals surface area contributed by atoms with Crippen LogP contribution in [0.3, 0.4) is 0 Å². The lowest BCUT2D eigenvalue weighted by Gasteiger charge is -2.23. The fourth-order valence-corrected chi connectivity index (χ4v) is 1.86. The maximum absolute atomic E-state index is 11.6. The maximum atomic E-state index is 11.6. The van der Waals surface area contributed by atoms with E-state index in [1.165, 1.54) is 6.26 Å².